The highest BCUT2D eigenvalue weighted by Gasteiger charge is 2.51. The molecule has 6 rings (SSSR count). The summed E-state index contributed by atoms with van der Waals surface area (Å²) in [6.45, 7) is 0.0438. The van der Waals surface area contributed by atoms with Gasteiger partial charge in [-0.3, -0.25) is 14.9 Å². The second kappa shape index (κ2) is 7.27. The van der Waals surface area contributed by atoms with Crippen molar-refractivity contribution in [1.82, 2.24) is 15.1 Å². The Balaban J connectivity index is 1.22. The number of hydrogen-bond donors (Lipinski definition) is 1. The molecular weight excluding hydrogens is 408 g/mol. The van der Waals surface area contributed by atoms with E-state index in [1.807, 2.05) is 0 Å². The number of carbonyl (C=O) groups excluding carboxylic acids is 1. The molecule has 1 aromatic heterocycles. The third kappa shape index (κ3) is 3.64. The summed E-state index contributed by atoms with van der Waals surface area (Å²) in [5.41, 5.74) is 0.206. The fourth-order valence-corrected chi connectivity index (χ4v) is 6.21. The van der Waals surface area contributed by atoms with Gasteiger partial charge in [-0.2, -0.15) is 5.10 Å². The van der Waals surface area contributed by atoms with Crippen molar-refractivity contribution in [2.24, 2.45) is 17.8 Å². The van der Waals surface area contributed by atoms with E-state index in [0.29, 0.717) is 11.4 Å². The zero-order chi connectivity index (χ0) is 20.9. The molecule has 1 aromatic carbocycles. The van der Waals surface area contributed by atoms with Crippen LogP contribution in [0.15, 0.2) is 30.5 Å². The molecule has 0 atom stereocenters. The smallest absolute Gasteiger partial charge is 0.272 e. The molecule has 1 N–H and O–H groups in total. The second-order valence-corrected chi connectivity index (χ2v) is 9.44. The van der Waals surface area contributed by atoms with Crippen LogP contribution in [0.2, 0.25) is 5.02 Å². The van der Waals surface area contributed by atoms with E-state index in [1.54, 1.807) is 12.3 Å². The number of aromatic nitrogens is 2. The summed E-state index contributed by atoms with van der Waals surface area (Å²) < 4.78 is 7.11. The summed E-state index contributed by atoms with van der Waals surface area (Å²) in [4.78, 5) is 23.1. The average molecular weight is 431 g/mol. The van der Waals surface area contributed by atoms with Gasteiger partial charge in [-0.05, 0) is 68.4 Å². The zero-order valence-electron chi connectivity index (χ0n) is 16.4. The lowest BCUT2D eigenvalue weighted by Gasteiger charge is -2.56. The molecular formula is C21H23ClN4O4. The number of nitro benzene ring substituents is 1. The Morgan fingerprint density at radius 1 is 1.23 bits per heavy atom. The highest BCUT2D eigenvalue weighted by Crippen LogP contribution is 2.55. The predicted octanol–water partition coefficient (Wildman–Crippen LogP) is 4.18. The summed E-state index contributed by atoms with van der Waals surface area (Å²) in [6.07, 6.45) is 8.92. The van der Waals surface area contributed by atoms with Crippen LogP contribution in [0.3, 0.4) is 0 Å². The number of carbonyl (C=O) groups is 1. The number of rotatable bonds is 6. The minimum Gasteiger partial charge on any atom is -0.470 e. The molecule has 158 valence electrons. The standard InChI is InChI=1S/C21H23ClN4O4/c22-17-8-16(26(28)29)1-2-19(17)30-12-25-4-3-18(24-25)20(27)23-21-9-13-5-14(10-21)7-15(6-13)11-21/h1-4,8,13-15H,5-7,9-12H2,(H,23,27). The topological polar surface area (TPSA) is 99.3 Å². The van der Waals surface area contributed by atoms with Gasteiger partial charge in [0.25, 0.3) is 11.6 Å². The fourth-order valence-electron chi connectivity index (χ4n) is 5.98. The predicted molar refractivity (Wildman–Crippen MR) is 109 cm³/mol. The summed E-state index contributed by atoms with van der Waals surface area (Å²) in [7, 11) is 0. The molecule has 1 amide bonds. The van der Waals surface area contributed by atoms with Crippen LogP contribution in [-0.2, 0) is 6.73 Å². The Morgan fingerprint density at radius 2 is 1.90 bits per heavy atom. The molecule has 0 aliphatic heterocycles. The normalized spacial score (nSPS) is 29.0. The van der Waals surface area contributed by atoms with Crippen molar-refractivity contribution in [1.29, 1.82) is 0 Å². The van der Waals surface area contributed by atoms with E-state index in [2.05, 4.69) is 10.4 Å². The summed E-state index contributed by atoms with van der Waals surface area (Å²) in [5.74, 6) is 2.46. The molecule has 0 saturated heterocycles. The first-order valence-corrected chi connectivity index (χ1v) is 10.7. The first-order chi connectivity index (χ1) is 14.4. The lowest BCUT2D eigenvalue weighted by molar-refractivity contribution is -0.384. The number of nitro groups is 1. The summed E-state index contributed by atoms with van der Waals surface area (Å²) in [5, 5.41) is 18.6. The second-order valence-electron chi connectivity index (χ2n) is 9.04. The minimum atomic E-state index is -0.516. The maximum absolute atomic E-state index is 12.9. The van der Waals surface area contributed by atoms with Gasteiger partial charge in [-0.25, -0.2) is 4.68 Å². The SMILES string of the molecule is O=C(NC12CC3CC(CC(C3)C1)C2)c1ccn(COc2ccc([N+](=O)[O-])cc2Cl)n1. The Bertz CT molecular complexity index is 969. The first-order valence-electron chi connectivity index (χ1n) is 10.3. The lowest BCUT2D eigenvalue weighted by atomic mass is 9.53. The van der Waals surface area contributed by atoms with Crippen molar-refractivity contribution >= 4 is 23.2 Å². The molecule has 1 heterocycles. The van der Waals surface area contributed by atoms with Crippen molar-refractivity contribution in [3.8, 4) is 5.75 Å². The van der Waals surface area contributed by atoms with Crippen LogP contribution in [0.25, 0.3) is 0 Å². The molecule has 30 heavy (non-hydrogen) atoms. The molecule has 0 spiro atoms. The number of hydrogen-bond acceptors (Lipinski definition) is 5. The average Bonchev–Trinajstić information content (AvgIpc) is 3.14. The van der Waals surface area contributed by atoms with Gasteiger partial charge >= 0.3 is 0 Å². The Labute approximate surface area is 178 Å². The van der Waals surface area contributed by atoms with E-state index >= 15 is 0 Å². The van der Waals surface area contributed by atoms with E-state index in [0.717, 1.165) is 37.0 Å². The third-order valence-corrected chi connectivity index (χ3v) is 7.06. The van der Waals surface area contributed by atoms with E-state index in [4.69, 9.17) is 16.3 Å². The van der Waals surface area contributed by atoms with Crippen molar-refractivity contribution in [3.63, 3.8) is 0 Å². The van der Waals surface area contributed by atoms with Gasteiger partial charge in [0.05, 0.1) is 9.95 Å². The molecule has 4 fully saturated rings. The largest absolute Gasteiger partial charge is 0.470 e. The highest BCUT2D eigenvalue weighted by atomic mass is 35.5. The molecule has 4 aliphatic rings. The van der Waals surface area contributed by atoms with Crippen molar-refractivity contribution < 1.29 is 14.5 Å². The number of non-ortho nitro benzene ring substituents is 1. The molecule has 4 bridgehead atoms. The van der Waals surface area contributed by atoms with Gasteiger partial charge in [-0.15, -0.1) is 0 Å². The molecule has 4 aliphatic carbocycles. The summed E-state index contributed by atoms with van der Waals surface area (Å²) in [6, 6.07) is 5.69. The van der Waals surface area contributed by atoms with Crippen LogP contribution in [0.5, 0.6) is 5.75 Å². The van der Waals surface area contributed by atoms with Crippen LogP contribution in [0.1, 0.15) is 49.0 Å². The van der Waals surface area contributed by atoms with Gasteiger partial charge in [0.2, 0.25) is 0 Å². The number of amides is 1. The van der Waals surface area contributed by atoms with Gasteiger partial charge in [-0.1, -0.05) is 11.6 Å². The number of benzene rings is 1. The maximum atomic E-state index is 12.9. The van der Waals surface area contributed by atoms with Crippen molar-refractivity contribution in [2.45, 2.75) is 50.8 Å². The van der Waals surface area contributed by atoms with Gasteiger partial charge in [0.15, 0.2) is 6.73 Å². The van der Waals surface area contributed by atoms with Crippen LogP contribution in [0.4, 0.5) is 5.69 Å². The third-order valence-electron chi connectivity index (χ3n) is 6.77. The van der Waals surface area contributed by atoms with Crippen LogP contribution in [-0.4, -0.2) is 26.1 Å². The van der Waals surface area contributed by atoms with Gasteiger partial charge in [0.1, 0.15) is 11.4 Å². The molecule has 0 radical (unpaired) electrons. The van der Waals surface area contributed by atoms with Crippen LogP contribution in [0, 0.1) is 27.9 Å². The molecule has 0 unspecified atom stereocenters. The number of nitrogens with one attached hydrogen (secondary N) is 1. The zero-order valence-corrected chi connectivity index (χ0v) is 17.2. The number of halogens is 1. The maximum Gasteiger partial charge on any atom is 0.272 e. The molecule has 8 nitrogen and oxygen atoms in total. The van der Waals surface area contributed by atoms with Crippen LogP contribution >= 0.6 is 11.6 Å². The molecule has 2 aromatic rings. The Kier molecular flexibility index (Phi) is 4.69. The Morgan fingerprint density at radius 3 is 2.50 bits per heavy atom. The Hall–Kier alpha value is -2.61. The lowest BCUT2D eigenvalue weighted by Crippen LogP contribution is -2.59. The van der Waals surface area contributed by atoms with E-state index in [1.165, 1.54) is 42.1 Å². The fraction of sp³-hybridized carbons (Fsp3) is 0.524. The van der Waals surface area contributed by atoms with Gasteiger partial charge in [0, 0.05) is 23.9 Å². The number of nitrogens with zero attached hydrogens (tertiary/aromatic N) is 3. The highest BCUT2D eigenvalue weighted by molar-refractivity contribution is 6.32. The number of ether oxygens (including phenoxy) is 1. The monoisotopic (exact) mass is 430 g/mol. The minimum absolute atomic E-state index is 0.0438. The first kappa shape index (κ1) is 19.4. The summed E-state index contributed by atoms with van der Waals surface area (Å²) >= 11 is 6.04. The quantitative estimate of drug-likeness (QED) is 0.547. The molecule has 9 heteroatoms. The van der Waals surface area contributed by atoms with E-state index < -0.39 is 4.92 Å². The van der Waals surface area contributed by atoms with Gasteiger partial charge < -0.3 is 10.1 Å². The van der Waals surface area contributed by atoms with E-state index in [9.17, 15) is 14.9 Å². The van der Waals surface area contributed by atoms with Crippen LogP contribution < -0.4 is 10.1 Å². The van der Waals surface area contributed by atoms with Crippen molar-refractivity contribution in [3.05, 3.63) is 51.3 Å². The van der Waals surface area contributed by atoms with Crippen molar-refractivity contribution in [2.75, 3.05) is 0 Å². The molecule has 4 saturated carbocycles. The van der Waals surface area contributed by atoms with E-state index in [-0.39, 0.29) is 28.9 Å².